The first-order valence-corrected chi connectivity index (χ1v) is 8.82. The first kappa shape index (κ1) is 15.3. The Kier molecular flexibility index (Phi) is 5.39. The van der Waals surface area contributed by atoms with Crippen LogP contribution in [0.4, 0.5) is 5.69 Å². The van der Waals surface area contributed by atoms with Gasteiger partial charge in [-0.15, -0.1) is 0 Å². The van der Waals surface area contributed by atoms with Gasteiger partial charge in [-0.25, -0.2) is 13.6 Å². The molecule has 0 aromatic heterocycles. The lowest BCUT2D eigenvalue weighted by Gasteiger charge is -2.21. The molecule has 0 bridgehead atoms. The van der Waals surface area contributed by atoms with Crippen LogP contribution >= 0.6 is 0 Å². The van der Waals surface area contributed by atoms with Crippen molar-refractivity contribution in [1.82, 2.24) is 5.32 Å². The molecule has 0 radical (unpaired) electrons. The summed E-state index contributed by atoms with van der Waals surface area (Å²) in [5.41, 5.74) is 2.56. The second kappa shape index (κ2) is 7.06. The number of nitrogens with one attached hydrogen (secondary N) is 1. The van der Waals surface area contributed by atoms with Crippen molar-refractivity contribution in [3.63, 3.8) is 0 Å². The van der Waals surface area contributed by atoms with E-state index in [1.54, 1.807) is 0 Å². The third-order valence-corrected chi connectivity index (χ3v) is 4.39. The molecule has 3 N–H and O–H groups in total. The summed E-state index contributed by atoms with van der Waals surface area (Å²) in [6.07, 6.45) is 3.07. The molecule has 1 aliphatic rings. The number of para-hydroxylation sites is 1. The first-order valence-electron chi connectivity index (χ1n) is 7.10. The van der Waals surface area contributed by atoms with Crippen LogP contribution in [-0.2, 0) is 16.6 Å². The van der Waals surface area contributed by atoms with E-state index < -0.39 is 10.0 Å². The maximum Gasteiger partial charge on any atom is 0.209 e. The predicted octanol–water partition coefficient (Wildman–Crippen LogP) is 1.06. The van der Waals surface area contributed by atoms with E-state index >= 15 is 0 Å². The second-order valence-corrected chi connectivity index (χ2v) is 6.95. The van der Waals surface area contributed by atoms with E-state index in [-0.39, 0.29) is 5.75 Å². The van der Waals surface area contributed by atoms with E-state index in [0.717, 1.165) is 19.6 Å². The zero-order chi connectivity index (χ0) is 14.4. The SMILES string of the molecule is NS(=O)(=O)CCCNCc1ccccc1N1CCCC1. The molecule has 1 aliphatic heterocycles. The number of hydrogen-bond acceptors (Lipinski definition) is 4. The van der Waals surface area contributed by atoms with Crippen LogP contribution < -0.4 is 15.4 Å². The standard InChI is InChI=1S/C14H23N3O2S/c15-20(18,19)11-5-8-16-12-13-6-1-2-7-14(13)17-9-3-4-10-17/h1-2,6-7,16H,3-5,8-12H2,(H2,15,18,19). The van der Waals surface area contributed by atoms with E-state index in [2.05, 4.69) is 28.4 Å². The molecular weight excluding hydrogens is 274 g/mol. The highest BCUT2D eigenvalue weighted by Gasteiger charge is 2.14. The van der Waals surface area contributed by atoms with Gasteiger partial charge in [0, 0.05) is 25.3 Å². The normalized spacial score (nSPS) is 15.8. The van der Waals surface area contributed by atoms with Gasteiger partial charge < -0.3 is 10.2 Å². The summed E-state index contributed by atoms with van der Waals surface area (Å²) in [6.45, 7) is 3.67. The summed E-state index contributed by atoms with van der Waals surface area (Å²) in [6, 6.07) is 8.39. The van der Waals surface area contributed by atoms with E-state index in [9.17, 15) is 8.42 Å². The Morgan fingerprint density at radius 1 is 1.20 bits per heavy atom. The van der Waals surface area contributed by atoms with Crippen molar-refractivity contribution in [3.8, 4) is 0 Å². The maximum absolute atomic E-state index is 10.8. The number of nitrogens with zero attached hydrogens (tertiary/aromatic N) is 1. The third-order valence-electron chi connectivity index (χ3n) is 3.54. The van der Waals surface area contributed by atoms with Gasteiger partial charge in [0.2, 0.25) is 10.0 Å². The molecule has 112 valence electrons. The van der Waals surface area contributed by atoms with E-state index in [4.69, 9.17) is 5.14 Å². The van der Waals surface area contributed by atoms with Gasteiger partial charge in [0.25, 0.3) is 0 Å². The summed E-state index contributed by atoms with van der Waals surface area (Å²) in [5.74, 6) is 0.0355. The van der Waals surface area contributed by atoms with Crippen LogP contribution in [0.25, 0.3) is 0 Å². The Morgan fingerprint density at radius 3 is 2.60 bits per heavy atom. The first-order chi connectivity index (χ1) is 9.56. The van der Waals surface area contributed by atoms with Gasteiger partial charge in [-0.2, -0.15) is 0 Å². The van der Waals surface area contributed by atoms with Crippen LogP contribution in [0.1, 0.15) is 24.8 Å². The zero-order valence-electron chi connectivity index (χ0n) is 11.7. The Balaban J connectivity index is 1.83. The molecule has 6 heteroatoms. The van der Waals surface area contributed by atoms with Gasteiger partial charge in [-0.1, -0.05) is 18.2 Å². The molecular formula is C14H23N3O2S. The monoisotopic (exact) mass is 297 g/mol. The Morgan fingerprint density at radius 2 is 1.90 bits per heavy atom. The summed E-state index contributed by atoms with van der Waals surface area (Å²) in [7, 11) is -3.34. The Hall–Kier alpha value is -1.11. The van der Waals surface area contributed by atoms with Crippen molar-refractivity contribution in [2.45, 2.75) is 25.8 Å². The molecule has 1 heterocycles. The topological polar surface area (TPSA) is 75.4 Å². The lowest BCUT2D eigenvalue weighted by molar-refractivity contribution is 0.590. The average Bonchev–Trinajstić information content (AvgIpc) is 2.91. The number of sulfonamides is 1. The van der Waals surface area contributed by atoms with E-state index in [0.29, 0.717) is 13.0 Å². The Labute approximate surface area is 121 Å². The van der Waals surface area contributed by atoms with Crippen molar-refractivity contribution in [2.75, 3.05) is 30.3 Å². The number of primary sulfonamides is 1. The molecule has 0 aliphatic carbocycles. The molecule has 0 atom stereocenters. The van der Waals surface area contributed by atoms with Gasteiger partial charge in [0.05, 0.1) is 5.75 Å². The minimum atomic E-state index is -3.34. The van der Waals surface area contributed by atoms with Crippen LogP contribution in [0.15, 0.2) is 24.3 Å². The van der Waals surface area contributed by atoms with Gasteiger partial charge in [-0.05, 0) is 37.4 Å². The zero-order valence-corrected chi connectivity index (χ0v) is 12.5. The van der Waals surface area contributed by atoms with E-state index in [1.165, 1.54) is 24.1 Å². The van der Waals surface area contributed by atoms with Crippen LogP contribution in [0, 0.1) is 0 Å². The molecule has 1 aromatic rings. The molecule has 1 aromatic carbocycles. The lowest BCUT2D eigenvalue weighted by atomic mass is 10.1. The number of nitrogens with two attached hydrogens (primary N) is 1. The molecule has 1 saturated heterocycles. The van der Waals surface area contributed by atoms with Gasteiger partial charge in [0.15, 0.2) is 0 Å². The molecule has 0 spiro atoms. The predicted molar refractivity (Wildman–Crippen MR) is 82.2 cm³/mol. The highest BCUT2D eigenvalue weighted by Crippen LogP contribution is 2.24. The smallest absolute Gasteiger partial charge is 0.209 e. The molecule has 0 unspecified atom stereocenters. The molecule has 20 heavy (non-hydrogen) atoms. The number of hydrogen-bond donors (Lipinski definition) is 2. The molecule has 0 amide bonds. The Bertz CT molecular complexity index is 525. The minimum absolute atomic E-state index is 0.0355. The van der Waals surface area contributed by atoms with Crippen molar-refractivity contribution < 1.29 is 8.42 Å². The summed E-state index contributed by atoms with van der Waals surface area (Å²) in [5, 5.41) is 8.26. The summed E-state index contributed by atoms with van der Waals surface area (Å²) in [4.78, 5) is 2.42. The summed E-state index contributed by atoms with van der Waals surface area (Å²) >= 11 is 0. The fourth-order valence-corrected chi connectivity index (χ4v) is 3.09. The average molecular weight is 297 g/mol. The highest BCUT2D eigenvalue weighted by molar-refractivity contribution is 7.89. The molecule has 5 nitrogen and oxygen atoms in total. The largest absolute Gasteiger partial charge is 0.371 e. The number of anilines is 1. The van der Waals surface area contributed by atoms with Gasteiger partial charge in [0.1, 0.15) is 0 Å². The summed E-state index contributed by atoms with van der Waals surface area (Å²) < 4.78 is 21.7. The fourth-order valence-electron chi connectivity index (χ4n) is 2.55. The van der Waals surface area contributed by atoms with E-state index in [1.807, 2.05) is 6.07 Å². The molecule has 0 saturated carbocycles. The van der Waals surface area contributed by atoms with Crippen molar-refractivity contribution >= 4 is 15.7 Å². The van der Waals surface area contributed by atoms with Crippen LogP contribution in [0.3, 0.4) is 0 Å². The van der Waals surface area contributed by atoms with Crippen molar-refractivity contribution in [1.29, 1.82) is 0 Å². The highest BCUT2D eigenvalue weighted by atomic mass is 32.2. The van der Waals surface area contributed by atoms with Crippen molar-refractivity contribution in [2.24, 2.45) is 5.14 Å². The van der Waals surface area contributed by atoms with Gasteiger partial charge in [-0.3, -0.25) is 0 Å². The van der Waals surface area contributed by atoms with Crippen molar-refractivity contribution in [3.05, 3.63) is 29.8 Å². The molecule has 2 rings (SSSR count). The minimum Gasteiger partial charge on any atom is -0.371 e. The lowest BCUT2D eigenvalue weighted by Crippen LogP contribution is -2.24. The molecule has 1 fully saturated rings. The number of benzene rings is 1. The fraction of sp³-hybridized carbons (Fsp3) is 0.571. The third kappa shape index (κ3) is 4.77. The maximum atomic E-state index is 10.8. The van der Waals surface area contributed by atoms with Crippen LogP contribution in [-0.4, -0.2) is 33.8 Å². The van der Waals surface area contributed by atoms with Crippen LogP contribution in [0.5, 0.6) is 0 Å². The second-order valence-electron chi connectivity index (χ2n) is 5.22. The quantitative estimate of drug-likeness (QED) is 0.738. The van der Waals surface area contributed by atoms with Crippen LogP contribution in [0.2, 0.25) is 0 Å². The number of rotatable bonds is 7. The van der Waals surface area contributed by atoms with Gasteiger partial charge >= 0.3 is 0 Å².